The monoisotopic (exact) mass is 208 g/mol. The van der Waals surface area contributed by atoms with Crippen molar-refractivity contribution in [3.8, 4) is 0 Å². The average Bonchev–Trinajstić information content (AvgIpc) is 2.79. The molecule has 14 heavy (non-hydrogen) atoms. The maximum Gasteiger partial charge on any atom is 0.235 e. The quantitative estimate of drug-likeness (QED) is 0.769. The molecule has 72 valence electrons. The van der Waals surface area contributed by atoms with Crippen molar-refractivity contribution in [2.24, 2.45) is 5.73 Å². The first-order chi connectivity index (χ1) is 6.71. The van der Waals surface area contributed by atoms with Crippen LogP contribution in [0.25, 0.3) is 5.78 Å². The van der Waals surface area contributed by atoms with Crippen LogP contribution in [0.2, 0.25) is 5.15 Å². The fourth-order valence-corrected chi connectivity index (χ4v) is 2.03. The summed E-state index contributed by atoms with van der Waals surface area (Å²) in [7, 11) is 0. The van der Waals surface area contributed by atoms with E-state index in [9.17, 15) is 0 Å². The molecule has 1 saturated carbocycles. The summed E-state index contributed by atoms with van der Waals surface area (Å²) in [6.07, 6.45) is 5.52. The summed E-state index contributed by atoms with van der Waals surface area (Å²) in [5, 5.41) is 0.476. The molecule has 0 radical (unpaired) electrons. The fourth-order valence-electron chi connectivity index (χ4n) is 1.68. The molecule has 0 aromatic carbocycles. The van der Waals surface area contributed by atoms with Gasteiger partial charge in [0.2, 0.25) is 5.78 Å². The van der Waals surface area contributed by atoms with Crippen molar-refractivity contribution in [1.29, 1.82) is 0 Å². The third-order valence-electron chi connectivity index (χ3n) is 2.62. The number of imidazole rings is 1. The first-order valence-corrected chi connectivity index (χ1v) is 4.86. The van der Waals surface area contributed by atoms with Gasteiger partial charge in [-0.05, 0) is 18.9 Å². The van der Waals surface area contributed by atoms with Gasteiger partial charge in [-0.15, -0.1) is 0 Å². The van der Waals surface area contributed by atoms with E-state index in [0.717, 1.165) is 18.5 Å². The van der Waals surface area contributed by atoms with Gasteiger partial charge < -0.3 is 5.73 Å². The van der Waals surface area contributed by atoms with Crippen LogP contribution in [0.3, 0.4) is 0 Å². The van der Waals surface area contributed by atoms with Crippen LogP contribution >= 0.6 is 11.6 Å². The van der Waals surface area contributed by atoms with E-state index in [0.29, 0.717) is 10.9 Å². The molecule has 5 heteroatoms. The van der Waals surface area contributed by atoms with Crippen LogP contribution in [-0.4, -0.2) is 14.4 Å². The summed E-state index contributed by atoms with van der Waals surface area (Å²) >= 11 is 6.04. The molecule has 0 aliphatic heterocycles. The summed E-state index contributed by atoms with van der Waals surface area (Å²) in [6.45, 7) is 0. The van der Waals surface area contributed by atoms with Gasteiger partial charge >= 0.3 is 0 Å². The first kappa shape index (κ1) is 8.20. The number of hydrogen-bond donors (Lipinski definition) is 1. The SMILES string of the molecule is NC1(c2c(Cl)nc3ncccn23)CC1. The number of rotatable bonds is 1. The maximum atomic E-state index is 6.11. The van der Waals surface area contributed by atoms with Gasteiger partial charge in [-0.3, -0.25) is 4.40 Å². The van der Waals surface area contributed by atoms with Crippen LogP contribution in [0, 0.1) is 0 Å². The minimum Gasteiger partial charge on any atom is -0.320 e. The van der Waals surface area contributed by atoms with Crippen molar-refractivity contribution in [3.05, 3.63) is 29.3 Å². The lowest BCUT2D eigenvalue weighted by Crippen LogP contribution is -2.21. The zero-order valence-electron chi connectivity index (χ0n) is 7.44. The van der Waals surface area contributed by atoms with E-state index < -0.39 is 0 Å². The number of nitrogens with two attached hydrogens (primary N) is 1. The van der Waals surface area contributed by atoms with Gasteiger partial charge in [-0.2, -0.15) is 4.98 Å². The number of fused-ring (bicyclic) bond motifs is 1. The van der Waals surface area contributed by atoms with Crippen molar-refractivity contribution in [2.45, 2.75) is 18.4 Å². The molecule has 1 aliphatic rings. The summed E-state index contributed by atoms with van der Waals surface area (Å²) in [6, 6.07) is 1.85. The van der Waals surface area contributed by atoms with Gasteiger partial charge in [-0.1, -0.05) is 11.6 Å². The minimum atomic E-state index is -0.278. The van der Waals surface area contributed by atoms with Gasteiger partial charge in [0.25, 0.3) is 0 Å². The lowest BCUT2D eigenvalue weighted by atomic mass is 10.2. The Balaban J connectivity index is 2.36. The Morgan fingerprint density at radius 3 is 3.00 bits per heavy atom. The van der Waals surface area contributed by atoms with Gasteiger partial charge in [-0.25, -0.2) is 4.98 Å². The highest BCUT2D eigenvalue weighted by Gasteiger charge is 2.44. The molecule has 3 rings (SSSR count). The first-order valence-electron chi connectivity index (χ1n) is 4.49. The predicted octanol–water partition coefficient (Wildman–Crippen LogP) is 1.33. The van der Waals surface area contributed by atoms with Crippen LogP contribution in [0.5, 0.6) is 0 Å². The summed E-state index contributed by atoms with van der Waals surface area (Å²) in [5.41, 5.74) is 6.72. The third-order valence-corrected chi connectivity index (χ3v) is 2.88. The minimum absolute atomic E-state index is 0.278. The second-order valence-corrected chi connectivity index (χ2v) is 4.06. The maximum absolute atomic E-state index is 6.11. The van der Waals surface area contributed by atoms with Crippen molar-refractivity contribution < 1.29 is 0 Å². The van der Waals surface area contributed by atoms with E-state index >= 15 is 0 Å². The molecule has 2 N–H and O–H groups in total. The molecule has 0 spiro atoms. The van der Waals surface area contributed by atoms with E-state index in [-0.39, 0.29) is 5.54 Å². The molecule has 4 nitrogen and oxygen atoms in total. The summed E-state index contributed by atoms with van der Waals surface area (Å²) in [4.78, 5) is 8.27. The van der Waals surface area contributed by atoms with Crippen molar-refractivity contribution in [2.75, 3.05) is 0 Å². The molecule has 1 fully saturated rings. The Labute approximate surface area is 85.7 Å². The van der Waals surface area contributed by atoms with Gasteiger partial charge in [0.1, 0.15) is 0 Å². The number of halogens is 1. The van der Waals surface area contributed by atoms with Gasteiger partial charge in [0, 0.05) is 12.4 Å². The van der Waals surface area contributed by atoms with Crippen LogP contribution in [0.4, 0.5) is 0 Å². The molecular formula is C9H9ClN4. The predicted molar refractivity (Wildman–Crippen MR) is 53.1 cm³/mol. The van der Waals surface area contributed by atoms with E-state index in [2.05, 4.69) is 9.97 Å². The highest BCUT2D eigenvalue weighted by molar-refractivity contribution is 6.30. The Morgan fingerprint density at radius 1 is 1.50 bits per heavy atom. The number of nitrogens with zero attached hydrogens (tertiary/aromatic N) is 3. The highest BCUT2D eigenvalue weighted by atomic mass is 35.5. The zero-order chi connectivity index (χ0) is 9.76. The Bertz CT molecular complexity index is 500. The van der Waals surface area contributed by atoms with Crippen LogP contribution in [-0.2, 0) is 5.54 Å². The second kappa shape index (κ2) is 2.46. The Hall–Kier alpha value is -1.13. The van der Waals surface area contributed by atoms with E-state index in [1.165, 1.54) is 0 Å². The smallest absolute Gasteiger partial charge is 0.235 e. The van der Waals surface area contributed by atoms with Crippen molar-refractivity contribution in [1.82, 2.24) is 14.4 Å². The Morgan fingerprint density at radius 2 is 2.29 bits per heavy atom. The van der Waals surface area contributed by atoms with Gasteiger partial charge in [0.05, 0.1) is 11.2 Å². The zero-order valence-corrected chi connectivity index (χ0v) is 8.20. The molecule has 0 atom stereocenters. The van der Waals surface area contributed by atoms with Crippen LogP contribution < -0.4 is 5.73 Å². The summed E-state index contributed by atoms with van der Waals surface area (Å²) < 4.78 is 1.87. The van der Waals surface area contributed by atoms with E-state index in [1.54, 1.807) is 6.20 Å². The van der Waals surface area contributed by atoms with Gasteiger partial charge in [0.15, 0.2) is 5.15 Å². The normalized spacial score (nSPS) is 18.7. The summed E-state index contributed by atoms with van der Waals surface area (Å²) in [5.74, 6) is 0.615. The topological polar surface area (TPSA) is 56.2 Å². The van der Waals surface area contributed by atoms with Crippen molar-refractivity contribution in [3.63, 3.8) is 0 Å². The third kappa shape index (κ3) is 0.980. The fraction of sp³-hybridized carbons (Fsp3) is 0.333. The average molecular weight is 209 g/mol. The molecule has 0 unspecified atom stereocenters. The lowest BCUT2D eigenvalue weighted by molar-refractivity contribution is 0.697. The molecule has 2 aromatic heterocycles. The second-order valence-electron chi connectivity index (χ2n) is 3.70. The molecule has 0 saturated heterocycles. The van der Waals surface area contributed by atoms with E-state index in [1.807, 2.05) is 16.7 Å². The lowest BCUT2D eigenvalue weighted by Gasteiger charge is -2.07. The molecular weight excluding hydrogens is 200 g/mol. The number of aromatic nitrogens is 3. The largest absolute Gasteiger partial charge is 0.320 e. The molecule has 2 heterocycles. The Kier molecular flexibility index (Phi) is 1.44. The molecule has 0 amide bonds. The molecule has 2 aromatic rings. The highest BCUT2D eigenvalue weighted by Crippen LogP contribution is 2.45. The molecule has 0 bridgehead atoms. The van der Waals surface area contributed by atoms with Crippen LogP contribution in [0.1, 0.15) is 18.5 Å². The standard InChI is InChI=1S/C9H9ClN4/c10-7-6(9(11)2-3-9)14-5-1-4-12-8(14)13-7/h1,4-5H,2-3,11H2. The number of hydrogen-bond acceptors (Lipinski definition) is 3. The van der Waals surface area contributed by atoms with Crippen molar-refractivity contribution >= 4 is 17.4 Å². The van der Waals surface area contributed by atoms with E-state index in [4.69, 9.17) is 17.3 Å². The molecule has 1 aliphatic carbocycles. The van der Waals surface area contributed by atoms with Crippen LogP contribution in [0.15, 0.2) is 18.5 Å².